The first kappa shape index (κ1) is 24.1. The Hall–Kier alpha value is -3.59. The van der Waals surface area contributed by atoms with Crippen LogP contribution in [-0.4, -0.2) is 10.5 Å². The highest BCUT2D eigenvalue weighted by Gasteiger charge is 2.16. The van der Waals surface area contributed by atoms with Gasteiger partial charge in [0, 0.05) is 34.9 Å². The van der Waals surface area contributed by atoms with E-state index in [1.165, 1.54) is 6.07 Å². The second-order valence-electron chi connectivity index (χ2n) is 8.67. The fourth-order valence-corrected chi connectivity index (χ4v) is 4.19. The number of ether oxygens (including phenoxy) is 1. The van der Waals surface area contributed by atoms with E-state index in [1.54, 1.807) is 6.08 Å². The number of nitriles is 1. The third-order valence-electron chi connectivity index (χ3n) is 5.90. The summed E-state index contributed by atoms with van der Waals surface area (Å²) in [5.41, 5.74) is 5.46. The molecule has 0 spiro atoms. The summed E-state index contributed by atoms with van der Waals surface area (Å²) in [5, 5.41) is 10.3. The van der Waals surface area contributed by atoms with Crippen LogP contribution < -0.4 is 5.63 Å². The van der Waals surface area contributed by atoms with Crippen LogP contribution in [0, 0.1) is 32.1 Å². The number of carbonyl (C=O) groups excluding carboxylic acids is 1. The minimum atomic E-state index is -0.726. The van der Waals surface area contributed by atoms with Crippen LogP contribution in [0.25, 0.3) is 17.0 Å². The Labute approximate surface area is 194 Å². The van der Waals surface area contributed by atoms with Gasteiger partial charge in [-0.2, -0.15) is 5.26 Å². The van der Waals surface area contributed by atoms with E-state index in [9.17, 15) is 14.9 Å². The van der Waals surface area contributed by atoms with Crippen LogP contribution in [0.3, 0.4) is 0 Å². The standard InChI is InChI=1S/C27H30N2O4/c1-7-8-29-18(5)10-20(19(29)6)11-21(14-28)27(31)32-15-22-12-26(30)33-25-9-17(4)23(16(2)3)13-24(22)25/h9-13,16H,7-8,15H2,1-6H3/b21-11+. The van der Waals surface area contributed by atoms with Crippen LogP contribution in [0.2, 0.25) is 0 Å². The lowest BCUT2D eigenvalue weighted by Gasteiger charge is -2.13. The zero-order valence-corrected chi connectivity index (χ0v) is 20.1. The summed E-state index contributed by atoms with van der Waals surface area (Å²) in [6.45, 7) is 13.0. The number of aromatic nitrogens is 1. The summed E-state index contributed by atoms with van der Waals surface area (Å²) in [7, 11) is 0. The van der Waals surface area contributed by atoms with Gasteiger partial charge >= 0.3 is 11.6 Å². The summed E-state index contributed by atoms with van der Waals surface area (Å²) in [6.07, 6.45) is 2.55. The smallest absolute Gasteiger partial charge is 0.349 e. The van der Waals surface area contributed by atoms with Crippen LogP contribution in [0.1, 0.15) is 66.8 Å². The van der Waals surface area contributed by atoms with Crippen molar-refractivity contribution in [3.05, 3.63) is 73.9 Å². The van der Waals surface area contributed by atoms with Gasteiger partial charge in [-0.1, -0.05) is 20.8 Å². The molecule has 0 bridgehead atoms. The molecule has 0 saturated heterocycles. The summed E-state index contributed by atoms with van der Waals surface area (Å²) < 4.78 is 13.0. The summed E-state index contributed by atoms with van der Waals surface area (Å²) in [5.74, 6) is -0.438. The van der Waals surface area contributed by atoms with Crippen molar-refractivity contribution in [3.8, 4) is 6.07 Å². The number of fused-ring (bicyclic) bond motifs is 1. The molecule has 0 unspecified atom stereocenters. The van der Waals surface area contributed by atoms with Crippen molar-refractivity contribution in [2.24, 2.45) is 0 Å². The molecule has 0 aliphatic carbocycles. The van der Waals surface area contributed by atoms with E-state index in [-0.39, 0.29) is 18.1 Å². The lowest BCUT2D eigenvalue weighted by Crippen LogP contribution is -2.09. The lowest BCUT2D eigenvalue weighted by atomic mass is 9.95. The molecule has 1 aromatic carbocycles. The molecule has 0 fully saturated rings. The molecule has 0 radical (unpaired) electrons. The first-order chi connectivity index (χ1) is 15.7. The molecule has 0 N–H and O–H groups in total. The van der Waals surface area contributed by atoms with Crippen molar-refractivity contribution >= 4 is 23.0 Å². The average molecular weight is 447 g/mol. The van der Waals surface area contributed by atoms with E-state index < -0.39 is 11.6 Å². The molecule has 0 saturated carbocycles. The molecule has 33 heavy (non-hydrogen) atoms. The Kier molecular flexibility index (Phi) is 7.23. The molecule has 0 amide bonds. The fraction of sp³-hybridized carbons (Fsp3) is 0.370. The molecule has 2 heterocycles. The van der Waals surface area contributed by atoms with Crippen molar-refractivity contribution < 1.29 is 13.9 Å². The van der Waals surface area contributed by atoms with Gasteiger partial charge in [-0.25, -0.2) is 9.59 Å². The molecule has 0 aliphatic heterocycles. The van der Waals surface area contributed by atoms with Gasteiger partial charge < -0.3 is 13.7 Å². The predicted molar refractivity (Wildman–Crippen MR) is 129 cm³/mol. The maximum atomic E-state index is 12.7. The minimum absolute atomic E-state index is 0.0854. The molecule has 6 heteroatoms. The Balaban J connectivity index is 1.90. The van der Waals surface area contributed by atoms with Crippen molar-refractivity contribution in [2.75, 3.05) is 0 Å². The van der Waals surface area contributed by atoms with E-state index in [2.05, 4.69) is 25.3 Å². The zero-order valence-electron chi connectivity index (χ0n) is 20.1. The molecule has 3 aromatic rings. The third kappa shape index (κ3) is 5.09. The van der Waals surface area contributed by atoms with E-state index in [0.717, 1.165) is 46.4 Å². The fourth-order valence-electron chi connectivity index (χ4n) is 4.19. The maximum Gasteiger partial charge on any atom is 0.349 e. The molecule has 3 rings (SSSR count). The van der Waals surface area contributed by atoms with Gasteiger partial charge in [-0.15, -0.1) is 0 Å². The van der Waals surface area contributed by atoms with Gasteiger partial charge in [0.25, 0.3) is 0 Å². The highest BCUT2D eigenvalue weighted by Crippen LogP contribution is 2.27. The van der Waals surface area contributed by atoms with Gasteiger partial charge in [0.2, 0.25) is 0 Å². The van der Waals surface area contributed by atoms with E-state index in [4.69, 9.17) is 9.15 Å². The molecular weight excluding hydrogens is 416 g/mol. The van der Waals surface area contributed by atoms with Gasteiger partial charge in [-0.3, -0.25) is 0 Å². The normalized spacial score (nSPS) is 11.8. The molecule has 172 valence electrons. The molecular formula is C27H30N2O4. The topological polar surface area (TPSA) is 85.2 Å². The van der Waals surface area contributed by atoms with Crippen LogP contribution in [0.15, 0.2) is 39.1 Å². The Morgan fingerprint density at radius 3 is 2.58 bits per heavy atom. The molecule has 0 atom stereocenters. The summed E-state index contributed by atoms with van der Waals surface area (Å²) >= 11 is 0. The molecule has 2 aromatic heterocycles. The summed E-state index contributed by atoms with van der Waals surface area (Å²) in [4.78, 5) is 24.8. The number of hydrogen-bond acceptors (Lipinski definition) is 5. The highest BCUT2D eigenvalue weighted by molar-refractivity contribution is 5.98. The number of esters is 1. The number of nitrogens with zero attached hydrogens (tertiary/aromatic N) is 2. The molecule has 0 aliphatic rings. The largest absolute Gasteiger partial charge is 0.457 e. The monoisotopic (exact) mass is 446 g/mol. The van der Waals surface area contributed by atoms with Crippen molar-refractivity contribution in [2.45, 2.75) is 67.0 Å². The number of hydrogen-bond donors (Lipinski definition) is 0. The van der Waals surface area contributed by atoms with Crippen molar-refractivity contribution in [3.63, 3.8) is 0 Å². The zero-order chi connectivity index (χ0) is 24.3. The van der Waals surface area contributed by atoms with Crippen molar-refractivity contribution in [1.82, 2.24) is 4.57 Å². The quantitative estimate of drug-likeness (QED) is 0.201. The first-order valence-electron chi connectivity index (χ1n) is 11.2. The molecule has 6 nitrogen and oxygen atoms in total. The Morgan fingerprint density at radius 2 is 1.94 bits per heavy atom. The van der Waals surface area contributed by atoms with Crippen LogP contribution in [0.5, 0.6) is 0 Å². The third-order valence-corrected chi connectivity index (χ3v) is 5.90. The number of benzene rings is 1. The number of carbonyl (C=O) groups is 1. The van der Waals surface area contributed by atoms with Crippen LogP contribution in [0.4, 0.5) is 0 Å². The van der Waals surface area contributed by atoms with Gasteiger partial charge in [0.15, 0.2) is 0 Å². The second-order valence-corrected chi connectivity index (χ2v) is 8.67. The van der Waals surface area contributed by atoms with E-state index in [0.29, 0.717) is 11.1 Å². The van der Waals surface area contributed by atoms with E-state index in [1.807, 2.05) is 45.0 Å². The van der Waals surface area contributed by atoms with Crippen LogP contribution in [-0.2, 0) is 22.7 Å². The average Bonchev–Trinajstić information content (AvgIpc) is 3.02. The highest BCUT2D eigenvalue weighted by atomic mass is 16.5. The van der Waals surface area contributed by atoms with Crippen molar-refractivity contribution in [1.29, 1.82) is 5.26 Å². The Bertz CT molecular complexity index is 1330. The van der Waals surface area contributed by atoms with Crippen LogP contribution >= 0.6 is 0 Å². The van der Waals surface area contributed by atoms with Gasteiger partial charge in [0.05, 0.1) is 0 Å². The number of rotatable bonds is 7. The van der Waals surface area contributed by atoms with Gasteiger partial charge in [0.1, 0.15) is 23.8 Å². The second kappa shape index (κ2) is 9.91. The maximum absolute atomic E-state index is 12.7. The lowest BCUT2D eigenvalue weighted by molar-refractivity contribution is -0.139. The van der Waals surface area contributed by atoms with Gasteiger partial charge in [-0.05, 0) is 74.1 Å². The van der Waals surface area contributed by atoms with E-state index >= 15 is 0 Å². The predicted octanol–water partition coefficient (Wildman–Crippen LogP) is 5.70. The summed E-state index contributed by atoms with van der Waals surface area (Å²) in [6, 6.07) is 9.06. The Morgan fingerprint density at radius 1 is 1.21 bits per heavy atom. The first-order valence-corrected chi connectivity index (χ1v) is 11.2. The number of aryl methyl sites for hydroxylation is 2. The minimum Gasteiger partial charge on any atom is -0.457 e. The SMILES string of the molecule is CCCn1c(C)cc(/C=C(\C#N)C(=O)OCc2cc(=O)oc3cc(C)c(C(C)C)cc23)c1C.